The van der Waals surface area contributed by atoms with Crippen molar-refractivity contribution in [3.8, 4) is 22.5 Å². The molecule has 236 valence electrons. The average Bonchev–Trinajstić information content (AvgIpc) is 3.87. The highest BCUT2D eigenvalue weighted by Gasteiger charge is 2.28. The van der Waals surface area contributed by atoms with Gasteiger partial charge in [-0.25, -0.2) is 14.3 Å². The minimum absolute atomic E-state index is 0.0119. The zero-order valence-electron chi connectivity index (χ0n) is 25.7. The van der Waals surface area contributed by atoms with Crippen LogP contribution in [0, 0.1) is 0 Å². The summed E-state index contributed by atoms with van der Waals surface area (Å²) in [6.07, 6.45) is 12.8. The van der Waals surface area contributed by atoms with Crippen LogP contribution in [-0.4, -0.2) is 51.6 Å². The molecule has 0 bridgehead atoms. The first-order chi connectivity index (χ1) is 22.6. The molecule has 0 saturated heterocycles. The average molecular weight is 621 g/mol. The van der Waals surface area contributed by atoms with E-state index >= 15 is 0 Å². The van der Waals surface area contributed by atoms with Crippen LogP contribution in [0.5, 0.6) is 0 Å². The number of aryl methyl sites for hydroxylation is 1. The first-order valence-corrected chi connectivity index (χ1v) is 15.9. The largest absolute Gasteiger partial charge is 0.439 e. The van der Waals surface area contributed by atoms with Gasteiger partial charge < -0.3 is 9.30 Å². The molecule has 1 N–H and O–H groups in total. The van der Waals surface area contributed by atoms with E-state index in [1.54, 1.807) is 18.9 Å². The predicted octanol–water partition coefficient (Wildman–Crippen LogP) is 4.84. The molecule has 4 aromatic heterocycles. The molecule has 0 aliphatic heterocycles. The van der Waals surface area contributed by atoms with Crippen LogP contribution >= 0.6 is 0 Å². The van der Waals surface area contributed by atoms with Crippen molar-refractivity contribution >= 4 is 5.78 Å². The maximum Gasteiger partial charge on any atom is 0.439 e. The number of imidazole rings is 1. The topological polar surface area (TPSA) is 138 Å². The number of nitrogens with one attached hydrogen (secondary N) is 1. The summed E-state index contributed by atoms with van der Waals surface area (Å²) in [6, 6.07) is 15.9. The Morgan fingerprint density at radius 3 is 2.54 bits per heavy atom. The molecule has 12 nitrogen and oxygen atoms in total. The Kier molecular flexibility index (Phi) is 8.43. The number of benzene rings is 2. The van der Waals surface area contributed by atoms with Crippen LogP contribution in [0.15, 0.2) is 87.7 Å². The molecule has 0 amide bonds. The molecule has 46 heavy (non-hydrogen) atoms. The molecule has 0 unspecified atom stereocenters. The van der Waals surface area contributed by atoms with Gasteiger partial charge in [-0.05, 0) is 48.8 Å². The molecule has 7 rings (SSSR count). The maximum absolute atomic E-state index is 14.4. The second-order valence-electron chi connectivity index (χ2n) is 11.8. The summed E-state index contributed by atoms with van der Waals surface area (Å²) >= 11 is 0. The Labute approximate surface area is 264 Å². The molecule has 0 radical (unpaired) electrons. The minimum atomic E-state index is -0.596. The lowest BCUT2D eigenvalue weighted by Crippen LogP contribution is -2.35. The fraction of sp³-hybridized carbons (Fsp3) is 0.353. The maximum atomic E-state index is 14.4. The number of aromatic amines is 1. The molecule has 12 heteroatoms. The summed E-state index contributed by atoms with van der Waals surface area (Å²) in [7, 11) is 0. The quantitative estimate of drug-likeness (QED) is 0.217. The van der Waals surface area contributed by atoms with E-state index in [0.717, 1.165) is 78.6 Å². The van der Waals surface area contributed by atoms with Crippen LogP contribution in [-0.2, 0) is 24.1 Å². The van der Waals surface area contributed by atoms with Crippen molar-refractivity contribution < 1.29 is 9.26 Å². The van der Waals surface area contributed by atoms with E-state index in [0.29, 0.717) is 24.6 Å². The van der Waals surface area contributed by atoms with Crippen LogP contribution in [0.2, 0.25) is 0 Å². The van der Waals surface area contributed by atoms with E-state index in [1.807, 2.05) is 56.2 Å². The second kappa shape index (κ2) is 13.1. The normalized spacial score (nSPS) is 16.7. The standard InChI is InChI=1S/C34H36N8O4/c1-2-5-30-29(20-23-8-10-24(11-9-23)27-6-3-4-7-28(27)31-38-34(44)46-39-31)32(43)41(33-36-21-37-42(30)33)25-12-14-26(15-13-25)45-19-18-40-17-16-35-22-40/h3-4,6-11,16-17,21-22,25-26H,2,5,12-15,18-20H2,1H3,(H,38,39,44)/t25-,26-. The Hall–Kier alpha value is -5.10. The molecular formula is C34H36N8O4. The molecular weight excluding hydrogens is 584 g/mol. The zero-order valence-corrected chi connectivity index (χ0v) is 25.7. The fourth-order valence-corrected chi connectivity index (χ4v) is 6.59. The molecule has 0 atom stereocenters. The predicted molar refractivity (Wildman–Crippen MR) is 172 cm³/mol. The monoisotopic (exact) mass is 620 g/mol. The summed E-state index contributed by atoms with van der Waals surface area (Å²) < 4.78 is 16.7. The van der Waals surface area contributed by atoms with Gasteiger partial charge in [-0.2, -0.15) is 10.1 Å². The van der Waals surface area contributed by atoms with Crippen molar-refractivity contribution in [2.75, 3.05) is 6.61 Å². The molecule has 1 fully saturated rings. The van der Waals surface area contributed by atoms with Gasteiger partial charge in [-0.3, -0.25) is 18.9 Å². The van der Waals surface area contributed by atoms with Crippen molar-refractivity contribution in [2.24, 2.45) is 0 Å². The zero-order chi connectivity index (χ0) is 31.5. The number of fused-ring (bicyclic) bond motifs is 1. The number of hydrogen-bond donors (Lipinski definition) is 1. The Morgan fingerprint density at radius 1 is 1.02 bits per heavy atom. The smallest absolute Gasteiger partial charge is 0.376 e. The van der Waals surface area contributed by atoms with E-state index in [-0.39, 0.29) is 17.7 Å². The molecule has 1 aliphatic rings. The van der Waals surface area contributed by atoms with Crippen LogP contribution in [0.4, 0.5) is 0 Å². The van der Waals surface area contributed by atoms with E-state index in [2.05, 4.69) is 44.3 Å². The number of nitrogens with zero attached hydrogens (tertiary/aromatic N) is 7. The number of aromatic nitrogens is 8. The summed E-state index contributed by atoms with van der Waals surface area (Å²) in [5, 5.41) is 8.46. The van der Waals surface area contributed by atoms with E-state index in [1.165, 1.54) is 0 Å². The van der Waals surface area contributed by atoms with E-state index < -0.39 is 5.76 Å². The number of H-pyrrole nitrogens is 1. The van der Waals surface area contributed by atoms with Gasteiger partial charge in [-0.15, -0.1) is 0 Å². The van der Waals surface area contributed by atoms with Crippen molar-refractivity contribution in [1.82, 2.24) is 38.9 Å². The molecule has 6 aromatic rings. The van der Waals surface area contributed by atoms with E-state index in [4.69, 9.17) is 9.26 Å². The van der Waals surface area contributed by atoms with Crippen LogP contribution in [0.1, 0.15) is 61.9 Å². The number of ether oxygens (including phenoxy) is 1. The van der Waals surface area contributed by atoms with Crippen molar-refractivity contribution in [2.45, 2.75) is 70.6 Å². The second-order valence-corrected chi connectivity index (χ2v) is 11.8. The third kappa shape index (κ3) is 5.95. The van der Waals surface area contributed by atoms with Crippen LogP contribution < -0.4 is 11.3 Å². The Morgan fingerprint density at radius 2 is 1.83 bits per heavy atom. The summed E-state index contributed by atoms with van der Waals surface area (Å²) in [6.45, 7) is 3.53. The molecule has 1 saturated carbocycles. The molecule has 1 aliphatic carbocycles. The van der Waals surface area contributed by atoms with Gasteiger partial charge in [0, 0.05) is 42.5 Å². The summed E-state index contributed by atoms with van der Waals surface area (Å²) in [5.74, 6) is 0.395. The fourth-order valence-electron chi connectivity index (χ4n) is 6.59. The van der Waals surface area contributed by atoms with Gasteiger partial charge in [0.05, 0.1) is 24.7 Å². The Bertz CT molecular complexity index is 2030. The van der Waals surface area contributed by atoms with Crippen molar-refractivity contribution in [3.63, 3.8) is 0 Å². The van der Waals surface area contributed by atoms with Gasteiger partial charge in [0.2, 0.25) is 5.78 Å². The van der Waals surface area contributed by atoms with Crippen LogP contribution in [0.25, 0.3) is 28.3 Å². The highest BCUT2D eigenvalue weighted by molar-refractivity contribution is 5.80. The SMILES string of the molecule is CCCc1c(Cc2ccc(-c3ccccc3-c3noc(=O)[nH]3)cc2)c(=O)n([C@H]2CC[C@H](OCCn3ccnc3)CC2)c2ncnn12. The first-order valence-electron chi connectivity index (χ1n) is 15.9. The van der Waals surface area contributed by atoms with Crippen molar-refractivity contribution in [1.29, 1.82) is 0 Å². The third-order valence-electron chi connectivity index (χ3n) is 8.85. The summed E-state index contributed by atoms with van der Waals surface area (Å²) in [5.41, 5.74) is 5.35. The molecule has 4 heterocycles. The van der Waals surface area contributed by atoms with Gasteiger partial charge >= 0.3 is 5.76 Å². The lowest BCUT2D eigenvalue weighted by molar-refractivity contribution is 0.0153. The van der Waals surface area contributed by atoms with E-state index in [9.17, 15) is 9.59 Å². The lowest BCUT2D eigenvalue weighted by Gasteiger charge is -2.30. The molecule has 0 spiro atoms. The number of hydrogen-bond acceptors (Lipinski definition) is 8. The van der Waals surface area contributed by atoms with Gasteiger partial charge in [-0.1, -0.05) is 67.0 Å². The highest BCUT2D eigenvalue weighted by Crippen LogP contribution is 2.32. The number of rotatable bonds is 11. The van der Waals surface area contributed by atoms with Gasteiger partial charge in [0.1, 0.15) is 6.33 Å². The third-order valence-corrected chi connectivity index (χ3v) is 8.85. The molecule has 2 aromatic carbocycles. The van der Waals surface area contributed by atoms with Crippen molar-refractivity contribution in [3.05, 3.63) is 111 Å². The minimum Gasteiger partial charge on any atom is -0.376 e. The first kappa shape index (κ1) is 29.6. The Balaban J connectivity index is 1.14. The lowest BCUT2D eigenvalue weighted by atomic mass is 9.92. The summed E-state index contributed by atoms with van der Waals surface area (Å²) in [4.78, 5) is 37.2. The highest BCUT2D eigenvalue weighted by atomic mass is 16.5. The van der Waals surface area contributed by atoms with Gasteiger partial charge in [0.15, 0.2) is 5.82 Å². The van der Waals surface area contributed by atoms with Crippen LogP contribution in [0.3, 0.4) is 0 Å². The van der Waals surface area contributed by atoms with Gasteiger partial charge in [0.25, 0.3) is 5.56 Å².